The van der Waals surface area contributed by atoms with Crippen LogP contribution in [0.1, 0.15) is 15.9 Å². The maximum absolute atomic E-state index is 13.0. The van der Waals surface area contributed by atoms with Gasteiger partial charge in [0.2, 0.25) is 5.75 Å². The number of ether oxygens (including phenoxy) is 3. The molecule has 3 rings (SSSR count). The van der Waals surface area contributed by atoms with Crippen LogP contribution in [0, 0.1) is 0 Å². The van der Waals surface area contributed by atoms with Gasteiger partial charge in [0.1, 0.15) is 0 Å². The predicted molar refractivity (Wildman–Crippen MR) is 123 cm³/mol. The maximum atomic E-state index is 13.0. The molecular formula is C24H22BrNO4. The molecule has 0 aliphatic heterocycles. The molecule has 6 heteroatoms. The van der Waals surface area contributed by atoms with Gasteiger partial charge in [-0.3, -0.25) is 4.79 Å². The van der Waals surface area contributed by atoms with Crippen molar-refractivity contribution in [2.24, 2.45) is 0 Å². The van der Waals surface area contributed by atoms with Crippen LogP contribution in [0.15, 0.2) is 77.3 Å². The number of benzene rings is 3. The predicted octanol–water partition coefficient (Wildman–Crippen LogP) is 5.81. The number of hydrogen-bond donors (Lipinski definition) is 1. The minimum Gasteiger partial charge on any atom is -0.493 e. The molecule has 0 aliphatic carbocycles. The Labute approximate surface area is 184 Å². The first-order valence-electron chi connectivity index (χ1n) is 9.20. The van der Waals surface area contributed by atoms with Gasteiger partial charge >= 0.3 is 0 Å². The van der Waals surface area contributed by atoms with E-state index in [1.54, 1.807) is 45.6 Å². The molecule has 0 atom stereocenters. The fourth-order valence-corrected chi connectivity index (χ4v) is 3.47. The van der Waals surface area contributed by atoms with Gasteiger partial charge in [0.05, 0.1) is 21.3 Å². The molecule has 30 heavy (non-hydrogen) atoms. The Kier molecular flexibility index (Phi) is 7.14. The van der Waals surface area contributed by atoms with E-state index in [0.29, 0.717) is 34.2 Å². The lowest BCUT2D eigenvalue weighted by atomic mass is 10.1. The summed E-state index contributed by atoms with van der Waals surface area (Å²) < 4.78 is 17.0. The largest absolute Gasteiger partial charge is 0.493 e. The van der Waals surface area contributed by atoms with Gasteiger partial charge in [-0.05, 0) is 17.7 Å². The van der Waals surface area contributed by atoms with Crippen LogP contribution >= 0.6 is 15.9 Å². The highest BCUT2D eigenvalue weighted by molar-refractivity contribution is 9.10. The van der Waals surface area contributed by atoms with Crippen molar-refractivity contribution in [1.82, 2.24) is 0 Å². The second kappa shape index (κ2) is 9.98. The number of carbonyl (C=O) groups is 1. The minimum atomic E-state index is -0.124. The quantitative estimate of drug-likeness (QED) is 0.334. The van der Waals surface area contributed by atoms with Crippen LogP contribution in [0.3, 0.4) is 0 Å². The molecule has 5 nitrogen and oxygen atoms in total. The number of carbonyl (C=O) groups excluding carboxylic acids is 1. The van der Waals surface area contributed by atoms with E-state index >= 15 is 0 Å². The van der Waals surface area contributed by atoms with Crippen molar-refractivity contribution in [2.45, 2.75) is 0 Å². The number of anilines is 1. The van der Waals surface area contributed by atoms with E-state index in [0.717, 1.165) is 10.0 Å². The lowest BCUT2D eigenvalue weighted by molar-refractivity contribution is 0.104. The summed E-state index contributed by atoms with van der Waals surface area (Å²) in [6.45, 7) is 0. The fourth-order valence-electron chi connectivity index (χ4n) is 2.99. The van der Waals surface area contributed by atoms with E-state index in [2.05, 4.69) is 21.2 Å². The summed E-state index contributed by atoms with van der Waals surface area (Å²) in [5.74, 6) is 1.41. The molecular weight excluding hydrogens is 446 g/mol. The highest BCUT2D eigenvalue weighted by Crippen LogP contribution is 2.40. The lowest BCUT2D eigenvalue weighted by Crippen LogP contribution is -2.05. The number of methoxy groups -OCH3 is 3. The van der Waals surface area contributed by atoms with E-state index in [4.69, 9.17) is 14.2 Å². The van der Waals surface area contributed by atoms with Crippen molar-refractivity contribution in [2.75, 3.05) is 26.6 Å². The van der Waals surface area contributed by atoms with E-state index < -0.39 is 0 Å². The highest BCUT2D eigenvalue weighted by Gasteiger charge is 2.15. The molecule has 3 aromatic carbocycles. The third-order valence-corrected chi connectivity index (χ3v) is 5.13. The Morgan fingerprint density at radius 2 is 1.47 bits per heavy atom. The van der Waals surface area contributed by atoms with Crippen LogP contribution in [0.2, 0.25) is 0 Å². The Bertz CT molecular complexity index is 1040. The molecule has 154 valence electrons. The average molecular weight is 468 g/mol. The van der Waals surface area contributed by atoms with Crippen molar-refractivity contribution in [3.63, 3.8) is 0 Å². The fraction of sp³-hybridized carbons (Fsp3) is 0.125. The molecule has 0 unspecified atom stereocenters. The van der Waals surface area contributed by atoms with Crippen molar-refractivity contribution in [3.8, 4) is 17.2 Å². The standard InChI is InChI=1S/C24H22BrNO4/c1-28-22-13-17(14-23(29-2)24(22)30-3)26-20(16-9-5-4-6-10-16)15-21(27)18-11-7-8-12-19(18)25/h4-15,26H,1-3H3/b20-15+. The maximum Gasteiger partial charge on any atom is 0.203 e. The molecule has 0 saturated carbocycles. The molecule has 3 aromatic rings. The second-order valence-corrected chi connectivity index (χ2v) is 7.16. The SMILES string of the molecule is COc1cc(N/C(=C/C(=O)c2ccccc2Br)c2ccccc2)cc(OC)c1OC. The topological polar surface area (TPSA) is 56.8 Å². The first-order chi connectivity index (χ1) is 14.6. The lowest BCUT2D eigenvalue weighted by Gasteiger charge is -2.17. The number of nitrogens with one attached hydrogen (secondary N) is 1. The summed E-state index contributed by atoms with van der Waals surface area (Å²) in [5.41, 5.74) is 2.79. The molecule has 0 aromatic heterocycles. The monoisotopic (exact) mass is 467 g/mol. The Morgan fingerprint density at radius 1 is 0.867 bits per heavy atom. The first kappa shape index (κ1) is 21.5. The summed E-state index contributed by atoms with van der Waals surface area (Å²) in [7, 11) is 4.68. The van der Waals surface area contributed by atoms with Gasteiger partial charge in [0, 0.05) is 39.6 Å². The molecule has 1 N–H and O–H groups in total. The van der Waals surface area contributed by atoms with Crippen LogP contribution in [0.25, 0.3) is 5.70 Å². The van der Waals surface area contributed by atoms with Gasteiger partial charge in [-0.15, -0.1) is 0 Å². The Morgan fingerprint density at radius 3 is 2.03 bits per heavy atom. The number of rotatable bonds is 8. The summed E-state index contributed by atoms with van der Waals surface area (Å²) in [5, 5.41) is 3.33. The zero-order chi connectivity index (χ0) is 21.5. The van der Waals surface area contributed by atoms with Crippen LogP contribution in [0.5, 0.6) is 17.2 Å². The second-order valence-electron chi connectivity index (χ2n) is 6.31. The van der Waals surface area contributed by atoms with E-state index in [-0.39, 0.29) is 5.78 Å². The number of ketones is 1. The van der Waals surface area contributed by atoms with Gasteiger partial charge in [0.25, 0.3) is 0 Å². The molecule has 0 spiro atoms. The summed E-state index contributed by atoms with van der Waals surface area (Å²) in [6, 6.07) is 20.6. The average Bonchev–Trinajstić information content (AvgIpc) is 2.78. The van der Waals surface area contributed by atoms with Gasteiger partial charge in [0.15, 0.2) is 17.3 Å². The third kappa shape index (κ3) is 4.83. The summed E-state index contributed by atoms with van der Waals surface area (Å²) in [4.78, 5) is 13.0. The molecule has 0 amide bonds. The zero-order valence-corrected chi connectivity index (χ0v) is 18.5. The Hall–Kier alpha value is -3.25. The van der Waals surface area contributed by atoms with Crippen LogP contribution in [0.4, 0.5) is 5.69 Å². The van der Waals surface area contributed by atoms with Gasteiger partial charge in [-0.1, -0.05) is 58.4 Å². The molecule has 0 aliphatic rings. The van der Waals surface area contributed by atoms with Crippen molar-refractivity contribution in [3.05, 3.63) is 88.4 Å². The van der Waals surface area contributed by atoms with Crippen LogP contribution in [-0.2, 0) is 0 Å². The number of hydrogen-bond acceptors (Lipinski definition) is 5. The van der Waals surface area contributed by atoms with Crippen molar-refractivity contribution < 1.29 is 19.0 Å². The van der Waals surface area contributed by atoms with Crippen molar-refractivity contribution in [1.29, 1.82) is 0 Å². The molecule has 0 heterocycles. The van der Waals surface area contributed by atoms with Crippen LogP contribution < -0.4 is 19.5 Å². The molecule has 0 fully saturated rings. The first-order valence-corrected chi connectivity index (χ1v) is 9.99. The van der Waals surface area contributed by atoms with Crippen molar-refractivity contribution >= 4 is 33.1 Å². The highest BCUT2D eigenvalue weighted by atomic mass is 79.9. The molecule has 0 bridgehead atoms. The minimum absolute atomic E-state index is 0.124. The number of allylic oxidation sites excluding steroid dienone is 1. The van der Waals surface area contributed by atoms with Gasteiger partial charge < -0.3 is 19.5 Å². The van der Waals surface area contributed by atoms with Gasteiger partial charge in [-0.25, -0.2) is 0 Å². The summed E-state index contributed by atoms with van der Waals surface area (Å²) >= 11 is 3.45. The van der Waals surface area contributed by atoms with E-state index in [1.165, 1.54) is 0 Å². The summed E-state index contributed by atoms with van der Waals surface area (Å²) in [6.07, 6.45) is 1.58. The third-order valence-electron chi connectivity index (χ3n) is 4.44. The molecule has 0 saturated heterocycles. The Balaban J connectivity index is 2.05. The zero-order valence-electron chi connectivity index (χ0n) is 16.9. The van der Waals surface area contributed by atoms with E-state index in [1.807, 2.05) is 48.5 Å². The smallest absolute Gasteiger partial charge is 0.203 e. The van der Waals surface area contributed by atoms with E-state index in [9.17, 15) is 4.79 Å². The van der Waals surface area contributed by atoms with Crippen LogP contribution in [-0.4, -0.2) is 27.1 Å². The molecule has 0 radical (unpaired) electrons. The number of halogens is 1. The normalized spacial score (nSPS) is 11.0. The van der Waals surface area contributed by atoms with Gasteiger partial charge in [-0.2, -0.15) is 0 Å².